The number of hydrogen-bond donors (Lipinski definition) is 3. The van der Waals surface area contributed by atoms with Crippen molar-refractivity contribution in [3.05, 3.63) is 53.9 Å². The Labute approximate surface area is 145 Å². The third kappa shape index (κ3) is 4.07. The summed E-state index contributed by atoms with van der Waals surface area (Å²) in [6.07, 6.45) is 3.49. The number of phenols is 2. The van der Waals surface area contributed by atoms with E-state index in [1.54, 1.807) is 12.4 Å². The third-order valence-electron chi connectivity index (χ3n) is 4.26. The van der Waals surface area contributed by atoms with E-state index < -0.39 is 5.91 Å². The van der Waals surface area contributed by atoms with Crippen LogP contribution in [0, 0.1) is 0 Å². The molecule has 1 aromatic carbocycles. The van der Waals surface area contributed by atoms with Crippen molar-refractivity contribution < 1.29 is 19.7 Å². The number of nitrogens with one attached hydrogen (secondary N) is 1. The van der Waals surface area contributed by atoms with Crippen LogP contribution in [-0.2, 0) is 4.74 Å². The molecule has 0 spiro atoms. The Morgan fingerprint density at radius 1 is 1.20 bits per heavy atom. The molecule has 0 unspecified atom stereocenters. The van der Waals surface area contributed by atoms with Gasteiger partial charge >= 0.3 is 0 Å². The van der Waals surface area contributed by atoms with Crippen LogP contribution in [-0.4, -0.2) is 58.9 Å². The van der Waals surface area contributed by atoms with Crippen LogP contribution in [0.25, 0.3) is 0 Å². The molecule has 1 atom stereocenters. The van der Waals surface area contributed by atoms with E-state index in [0.717, 1.165) is 18.7 Å². The minimum absolute atomic E-state index is 0.0606. The Hall–Kier alpha value is -2.64. The van der Waals surface area contributed by atoms with Gasteiger partial charge in [0, 0.05) is 32.0 Å². The predicted octanol–water partition coefficient (Wildman–Crippen LogP) is 1.30. The number of nitrogens with zero attached hydrogens (tertiary/aromatic N) is 2. The maximum atomic E-state index is 12.4. The van der Waals surface area contributed by atoms with E-state index in [1.807, 2.05) is 12.1 Å². The summed E-state index contributed by atoms with van der Waals surface area (Å²) in [6.45, 7) is 3.14. The third-order valence-corrected chi connectivity index (χ3v) is 4.26. The highest BCUT2D eigenvalue weighted by molar-refractivity contribution is 5.99. The van der Waals surface area contributed by atoms with Crippen LogP contribution in [0.4, 0.5) is 0 Å². The van der Waals surface area contributed by atoms with Gasteiger partial charge in [-0.25, -0.2) is 0 Å². The quantitative estimate of drug-likeness (QED) is 0.757. The van der Waals surface area contributed by atoms with Crippen LogP contribution < -0.4 is 5.32 Å². The van der Waals surface area contributed by atoms with E-state index in [-0.39, 0.29) is 23.1 Å². The topological polar surface area (TPSA) is 94.9 Å². The highest BCUT2D eigenvalue weighted by Crippen LogP contribution is 2.26. The van der Waals surface area contributed by atoms with Crippen LogP contribution in [0.2, 0.25) is 0 Å². The lowest BCUT2D eigenvalue weighted by Gasteiger charge is -2.34. The van der Waals surface area contributed by atoms with Crippen molar-refractivity contribution in [1.29, 1.82) is 0 Å². The Morgan fingerprint density at radius 3 is 2.56 bits per heavy atom. The van der Waals surface area contributed by atoms with Gasteiger partial charge in [0.15, 0.2) is 0 Å². The molecule has 0 radical (unpaired) electrons. The first-order valence-corrected chi connectivity index (χ1v) is 8.17. The molecule has 1 aromatic heterocycles. The van der Waals surface area contributed by atoms with E-state index in [0.29, 0.717) is 19.8 Å². The van der Waals surface area contributed by atoms with E-state index in [2.05, 4.69) is 15.2 Å². The fourth-order valence-corrected chi connectivity index (χ4v) is 2.96. The second kappa shape index (κ2) is 7.96. The van der Waals surface area contributed by atoms with Crippen LogP contribution in [0.3, 0.4) is 0 Å². The van der Waals surface area contributed by atoms with E-state index >= 15 is 0 Å². The lowest BCUT2D eigenvalue weighted by Crippen LogP contribution is -2.43. The molecule has 0 aliphatic carbocycles. The van der Waals surface area contributed by atoms with Gasteiger partial charge in [-0.15, -0.1) is 0 Å². The molecular formula is C18H21N3O4. The highest BCUT2D eigenvalue weighted by atomic mass is 16.5. The maximum absolute atomic E-state index is 12.4. The van der Waals surface area contributed by atoms with Gasteiger partial charge in [-0.3, -0.25) is 14.7 Å². The summed E-state index contributed by atoms with van der Waals surface area (Å²) in [5.74, 6) is -1.01. The van der Waals surface area contributed by atoms with Crippen molar-refractivity contribution in [2.45, 2.75) is 6.04 Å². The second-order valence-electron chi connectivity index (χ2n) is 5.83. The number of phenolic OH excluding ortho intramolecular Hbond substituents is 2. The van der Waals surface area contributed by atoms with Crippen molar-refractivity contribution >= 4 is 5.91 Å². The first-order chi connectivity index (χ1) is 12.2. The standard InChI is InChI=1S/C18H21N3O4/c22-15-4-1-5-16(23)17(15)18(24)20-12-14(13-3-2-6-19-11-13)21-7-9-25-10-8-21/h1-6,11,14,22-23H,7-10,12H2,(H,20,24)/t14-/m0/s1. The molecule has 3 N–H and O–H groups in total. The molecule has 1 saturated heterocycles. The number of benzene rings is 1. The molecule has 1 aliphatic rings. The molecule has 3 rings (SSSR count). The first kappa shape index (κ1) is 17.2. The van der Waals surface area contributed by atoms with E-state index in [4.69, 9.17) is 4.74 Å². The van der Waals surface area contributed by atoms with Gasteiger partial charge in [0.2, 0.25) is 0 Å². The molecule has 1 aliphatic heterocycles. The zero-order valence-electron chi connectivity index (χ0n) is 13.8. The largest absolute Gasteiger partial charge is 0.507 e. The zero-order valence-corrected chi connectivity index (χ0v) is 13.8. The highest BCUT2D eigenvalue weighted by Gasteiger charge is 2.24. The molecule has 7 nitrogen and oxygen atoms in total. The molecule has 7 heteroatoms. The monoisotopic (exact) mass is 343 g/mol. The molecule has 25 heavy (non-hydrogen) atoms. The minimum Gasteiger partial charge on any atom is -0.507 e. The van der Waals surface area contributed by atoms with Crippen molar-refractivity contribution in [2.24, 2.45) is 0 Å². The Balaban J connectivity index is 1.75. The van der Waals surface area contributed by atoms with Gasteiger partial charge in [0.05, 0.1) is 19.3 Å². The fourth-order valence-electron chi connectivity index (χ4n) is 2.96. The Morgan fingerprint density at radius 2 is 1.92 bits per heavy atom. The average Bonchev–Trinajstić information content (AvgIpc) is 2.63. The summed E-state index contributed by atoms with van der Waals surface area (Å²) in [5.41, 5.74) is 0.876. The number of aromatic nitrogens is 1. The van der Waals surface area contributed by atoms with Gasteiger partial charge in [0.25, 0.3) is 5.91 Å². The second-order valence-corrected chi connectivity index (χ2v) is 5.83. The number of aromatic hydroxyl groups is 2. The maximum Gasteiger partial charge on any atom is 0.258 e. The van der Waals surface area contributed by atoms with Crippen molar-refractivity contribution in [2.75, 3.05) is 32.8 Å². The Kier molecular flexibility index (Phi) is 5.47. The number of carbonyl (C=O) groups is 1. The lowest BCUT2D eigenvalue weighted by molar-refractivity contribution is 0.0161. The first-order valence-electron chi connectivity index (χ1n) is 8.17. The molecule has 132 valence electrons. The summed E-state index contributed by atoms with van der Waals surface area (Å²) in [5, 5.41) is 22.5. The Bertz CT molecular complexity index is 697. The van der Waals surface area contributed by atoms with Gasteiger partial charge < -0.3 is 20.3 Å². The van der Waals surface area contributed by atoms with Crippen LogP contribution in [0.15, 0.2) is 42.7 Å². The summed E-state index contributed by atoms with van der Waals surface area (Å²) >= 11 is 0. The molecule has 1 fully saturated rings. The van der Waals surface area contributed by atoms with Gasteiger partial charge in [-0.1, -0.05) is 12.1 Å². The average molecular weight is 343 g/mol. The van der Waals surface area contributed by atoms with Crippen LogP contribution in [0.1, 0.15) is 22.0 Å². The fraction of sp³-hybridized carbons (Fsp3) is 0.333. The zero-order chi connectivity index (χ0) is 17.6. The number of carbonyl (C=O) groups excluding carboxylic acids is 1. The van der Waals surface area contributed by atoms with Crippen molar-refractivity contribution in [3.63, 3.8) is 0 Å². The SMILES string of the molecule is O=C(NC[C@@H](c1cccnc1)N1CCOCC1)c1c(O)cccc1O. The van der Waals surface area contributed by atoms with Gasteiger partial charge in [-0.2, -0.15) is 0 Å². The van der Waals surface area contributed by atoms with E-state index in [9.17, 15) is 15.0 Å². The lowest BCUT2D eigenvalue weighted by atomic mass is 10.1. The van der Waals surface area contributed by atoms with Gasteiger partial charge in [0.1, 0.15) is 17.1 Å². The number of hydrogen-bond acceptors (Lipinski definition) is 6. The van der Waals surface area contributed by atoms with Crippen LogP contribution >= 0.6 is 0 Å². The van der Waals surface area contributed by atoms with Crippen molar-refractivity contribution in [3.8, 4) is 11.5 Å². The molecule has 0 saturated carbocycles. The smallest absolute Gasteiger partial charge is 0.258 e. The summed E-state index contributed by atoms with van der Waals surface area (Å²) in [7, 11) is 0. The molecule has 0 bridgehead atoms. The molecule has 1 amide bonds. The van der Waals surface area contributed by atoms with Gasteiger partial charge in [-0.05, 0) is 23.8 Å². The summed E-state index contributed by atoms with van der Waals surface area (Å²) in [6, 6.07) is 7.99. The number of rotatable bonds is 5. The van der Waals surface area contributed by atoms with Crippen LogP contribution in [0.5, 0.6) is 11.5 Å². The number of morpholine rings is 1. The summed E-state index contributed by atoms with van der Waals surface area (Å²) in [4.78, 5) is 18.8. The van der Waals surface area contributed by atoms with Crippen molar-refractivity contribution in [1.82, 2.24) is 15.2 Å². The molecule has 2 heterocycles. The molecular weight excluding hydrogens is 322 g/mol. The van der Waals surface area contributed by atoms with E-state index in [1.165, 1.54) is 18.2 Å². The minimum atomic E-state index is -0.516. The number of ether oxygens (including phenoxy) is 1. The summed E-state index contributed by atoms with van der Waals surface area (Å²) < 4.78 is 5.40. The normalized spacial score (nSPS) is 16.3. The predicted molar refractivity (Wildman–Crippen MR) is 91.5 cm³/mol. The number of amides is 1. The molecule has 2 aromatic rings. The number of pyridine rings is 1.